The molecule has 0 amide bonds. The van der Waals surface area contributed by atoms with E-state index in [4.69, 9.17) is 0 Å². The Balaban J connectivity index is 2.75. The summed E-state index contributed by atoms with van der Waals surface area (Å²) >= 11 is 0. The van der Waals surface area contributed by atoms with E-state index in [-0.39, 0.29) is 0 Å². The van der Waals surface area contributed by atoms with Crippen molar-refractivity contribution in [3.05, 3.63) is 19.3 Å². The summed E-state index contributed by atoms with van der Waals surface area (Å²) in [6.07, 6.45) is 7.48. The Bertz CT molecular complexity index is 67.0. The minimum Gasteiger partial charge on any atom is -0.216 e. The fourth-order valence-electron chi connectivity index (χ4n) is 0.679. The molecule has 0 heterocycles. The highest BCUT2D eigenvalue weighted by atomic mass is 19.1. The molecule has 0 bridgehead atoms. The second-order valence-electron chi connectivity index (χ2n) is 2.06. The SMILES string of the molecule is [CH2]CCCCC/C=C/F. The summed E-state index contributed by atoms with van der Waals surface area (Å²) in [6, 6.07) is 0. The Morgan fingerprint density at radius 3 is 2.56 bits per heavy atom. The summed E-state index contributed by atoms with van der Waals surface area (Å²) in [7, 11) is 0. The molecule has 0 aromatic rings. The van der Waals surface area contributed by atoms with Crippen LogP contribution in [0.4, 0.5) is 4.39 Å². The van der Waals surface area contributed by atoms with Crippen molar-refractivity contribution in [2.24, 2.45) is 0 Å². The third-order valence-electron chi connectivity index (χ3n) is 1.21. The van der Waals surface area contributed by atoms with E-state index in [0.29, 0.717) is 6.33 Å². The molecule has 0 nitrogen and oxygen atoms in total. The van der Waals surface area contributed by atoms with Crippen LogP contribution in [-0.4, -0.2) is 0 Å². The van der Waals surface area contributed by atoms with Crippen LogP contribution >= 0.6 is 0 Å². The third-order valence-corrected chi connectivity index (χ3v) is 1.21. The van der Waals surface area contributed by atoms with Gasteiger partial charge in [0.2, 0.25) is 0 Å². The highest BCUT2D eigenvalue weighted by molar-refractivity contribution is 4.71. The van der Waals surface area contributed by atoms with Crippen molar-refractivity contribution in [3.63, 3.8) is 0 Å². The first-order valence-corrected chi connectivity index (χ1v) is 3.46. The van der Waals surface area contributed by atoms with Gasteiger partial charge in [0.05, 0.1) is 6.33 Å². The maximum atomic E-state index is 11.3. The van der Waals surface area contributed by atoms with Crippen molar-refractivity contribution in [2.75, 3.05) is 0 Å². The van der Waals surface area contributed by atoms with E-state index in [9.17, 15) is 4.39 Å². The summed E-state index contributed by atoms with van der Waals surface area (Å²) in [4.78, 5) is 0. The summed E-state index contributed by atoms with van der Waals surface area (Å²) in [5.74, 6) is 0. The first-order valence-electron chi connectivity index (χ1n) is 3.46. The normalized spacial score (nSPS) is 10.9. The Morgan fingerprint density at radius 2 is 2.00 bits per heavy atom. The van der Waals surface area contributed by atoms with Crippen molar-refractivity contribution in [1.29, 1.82) is 0 Å². The first kappa shape index (κ1) is 8.67. The molecule has 0 atom stereocenters. The van der Waals surface area contributed by atoms with Crippen LogP contribution in [0.15, 0.2) is 12.4 Å². The smallest absolute Gasteiger partial charge is 0.0827 e. The van der Waals surface area contributed by atoms with Crippen molar-refractivity contribution >= 4 is 0 Å². The van der Waals surface area contributed by atoms with Crippen LogP contribution in [0.5, 0.6) is 0 Å². The Hall–Kier alpha value is -0.330. The lowest BCUT2D eigenvalue weighted by Crippen LogP contribution is -1.72. The van der Waals surface area contributed by atoms with Crippen LogP contribution in [0.1, 0.15) is 32.1 Å². The van der Waals surface area contributed by atoms with Gasteiger partial charge in [-0.05, 0) is 12.8 Å². The molecule has 0 aliphatic rings. The minimum atomic E-state index is 0.615. The molecule has 0 unspecified atom stereocenters. The number of halogens is 1. The van der Waals surface area contributed by atoms with Crippen molar-refractivity contribution < 1.29 is 4.39 Å². The molecule has 1 radical (unpaired) electrons. The van der Waals surface area contributed by atoms with E-state index in [1.807, 2.05) is 0 Å². The molecule has 0 saturated carbocycles. The van der Waals surface area contributed by atoms with Crippen LogP contribution in [0.3, 0.4) is 0 Å². The maximum Gasteiger partial charge on any atom is 0.0827 e. The molecule has 53 valence electrons. The van der Waals surface area contributed by atoms with Crippen LogP contribution in [0.2, 0.25) is 0 Å². The molecule has 1 heteroatoms. The predicted octanol–water partition coefficient (Wildman–Crippen LogP) is 3.25. The van der Waals surface area contributed by atoms with Crippen molar-refractivity contribution in [1.82, 2.24) is 0 Å². The monoisotopic (exact) mass is 129 g/mol. The van der Waals surface area contributed by atoms with Gasteiger partial charge >= 0.3 is 0 Å². The molecule has 0 rings (SSSR count). The predicted molar refractivity (Wildman–Crippen MR) is 38.7 cm³/mol. The molecule has 0 N–H and O–H groups in total. The third kappa shape index (κ3) is 7.67. The lowest BCUT2D eigenvalue weighted by molar-refractivity contribution is 0.676. The average Bonchev–Trinajstić information content (AvgIpc) is 1.89. The summed E-state index contributed by atoms with van der Waals surface area (Å²) in [6.45, 7) is 3.71. The fraction of sp³-hybridized carbons (Fsp3) is 0.625. The van der Waals surface area contributed by atoms with Gasteiger partial charge in [-0.3, -0.25) is 0 Å². The van der Waals surface area contributed by atoms with Gasteiger partial charge in [0.15, 0.2) is 0 Å². The number of unbranched alkanes of at least 4 members (excludes halogenated alkanes) is 4. The molecule has 0 saturated heterocycles. The second-order valence-corrected chi connectivity index (χ2v) is 2.06. The molecule has 0 aromatic carbocycles. The number of allylic oxidation sites excluding steroid dienone is 1. The van der Waals surface area contributed by atoms with E-state index < -0.39 is 0 Å². The van der Waals surface area contributed by atoms with Gasteiger partial charge < -0.3 is 0 Å². The van der Waals surface area contributed by atoms with Gasteiger partial charge in [-0.2, -0.15) is 0 Å². The van der Waals surface area contributed by atoms with E-state index in [0.717, 1.165) is 19.3 Å². The van der Waals surface area contributed by atoms with Crippen molar-refractivity contribution in [2.45, 2.75) is 32.1 Å². The standard InChI is InChI=1S/C8H14F/c1-2-3-4-5-6-7-8-9/h7-8H,1-6H2/b8-7+. The molecular formula is C8H14F. The summed E-state index contributed by atoms with van der Waals surface area (Å²) in [5, 5.41) is 0. The molecule has 0 spiro atoms. The molecule has 9 heavy (non-hydrogen) atoms. The van der Waals surface area contributed by atoms with Gasteiger partial charge in [-0.1, -0.05) is 32.3 Å². The lowest BCUT2D eigenvalue weighted by Gasteiger charge is -1.91. The zero-order valence-corrected chi connectivity index (χ0v) is 5.78. The molecule has 0 fully saturated rings. The van der Waals surface area contributed by atoms with Crippen LogP contribution < -0.4 is 0 Å². The summed E-state index contributed by atoms with van der Waals surface area (Å²) in [5.41, 5.74) is 0. The quantitative estimate of drug-likeness (QED) is 0.500. The zero-order chi connectivity index (χ0) is 6.95. The zero-order valence-electron chi connectivity index (χ0n) is 5.78. The largest absolute Gasteiger partial charge is 0.216 e. The highest BCUT2D eigenvalue weighted by Gasteiger charge is 1.82. The van der Waals surface area contributed by atoms with E-state index in [1.54, 1.807) is 6.08 Å². The molecule has 0 aromatic heterocycles. The van der Waals surface area contributed by atoms with Crippen LogP contribution in [0, 0.1) is 6.92 Å². The Labute approximate surface area is 56.8 Å². The van der Waals surface area contributed by atoms with Crippen molar-refractivity contribution in [3.8, 4) is 0 Å². The number of hydrogen-bond acceptors (Lipinski definition) is 0. The van der Waals surface area contributed by atoms with Gasteiger partial charge in [-0.25, -0.2) is 4.39 Å². The van der Waals surface area contributed by atoms with Crippen LogP contribution in [0.25, 0.3) is 0 Å². The molecule has 0 aliphatic carbocycles. The molecule has 0 aliphatic heterocycles. The Morgan fingerprint density at radius 1 is 1.22 bits per heavy atom. The van der Waals surface area contributed by atoms with Crippen LogP contribution in [-0.2, 0) is 0 Å². The van der Waals surface area contributed by atoms with Gasteiger partial charge in [0.1, 0.15) is 0 Å². The van der Waals surface area contributed by atoms with Gasteiger partial charge in [-0.15, -0.1) is 0 Å². The maximum absolute atomic E-state index is 11.3. The second kappa shape index (κ2) is 7.67. The first-order chi connectivity index (χ1) is 4.41. The fourth-order valence-corrected chi connectivity index (χ4v) is 0.679. The molecular weight excluding hydrogens is 115 g/mol. The topological polar surface area (TPSA) is 0 Å². The Kier molecular flexibility index (Phi) is 7.39. The van der Waals surface area contributed by atoms with E-state index >= 15 is 0 Å². The van der Waals surface area contributed by atoms with E-state index in [1.165, 1.54) is 12.8 Å². The number of hydrogen-bond donors (Lipinski definition) is 0. The minimum absolute atomic E-state index is 0.615. The summed E-state index contributed by atoms with van der Waals surface area (Å²) < 4.78 is 11.3. The average molecular weight is 129 g/mol. The highest BCUT2D eigenvalue weighted by Crippen LogP contribution is 2.02. The van der Waals surface area contributed by atoms with Gasteiger partial charge in [0, 0.05) is 0 Å². The van der Waals surface area contributed by atoms with Gasteiger partial charge in [0.25, 0.3) is 0 Å². The lowest BCUT2D eigenvalue weighted by atomic mass is 10.2. The van der Waals surface area contributed by atoms with E-state index in [2.05, 4.69) is 6.92 Å². The number of rotatable bonds is 5.